The van der Waals surface area contributed by atoms with Crippen LogP contribution < -0.4 is 0 Å². The Morgan fingerprint density at radius 1 is 0.359 bits per heavy atom. The molecule has 0 amide bonds. The van der Waals surface area contributed by atoms with Crippen molar-refractivity contribution in [3.05, 3.63) is 97.2 Å². The third kappa shape index (κ3) is 51.5. The van der Waals surface area contributed by atoms with E-state index in [0.717, 1.165) is 70.6 Å². The lowest BCUT2D eigenvalue weighted by Gasteiger charge is -2.18. The molecular formula is C59H100O5. The molecule has 0 bridgehead atoms. The van der Waals surface area contributed by atoms with Crippen molar-refractivity contribution in [1.82, 2.24) is 0 Å². The first kappa shape index (κ1) is 60.8. The van der Waals surface area contributed by atoms with E-state index < -0.39 is 6.10 Å². The Hall–Kier alpha value is -3.18. The summed E-state index contributed by atoms with van der Waals surface area (Å²) in [6.07, 6.45) is 72.8. The van der Waals surface area contributed by atoms with Gasteiger partial charge in [-0.05, 0) is 89.9 Å². The molecule has 0 spiro atoms. The van der Waals surface area contributed by atoms with Crippen LogP contribution in [0.25, 0.3) is 0 Å². The second-order valence-corrected chi connectivity index (χ2v) is 17.4. The summed E-state index contributed by atoms with van der Waals surface area (Å²) >= 11 is 0. The molecule has 0 heterocycles. The molecule has 0 aromatic heterocycles. The van der Waals surface area contributed by atoms with Gasteiger partial charge in [-0.3, -0.25) is 9.59 Å². The van der Waals surface area contributed by atoms with Crippen molar-refractivity contribution >= 4 is 11.9 Å². The molecule has 0 N–H and O–H groups in total. The van der Waals surface area contributed by atoms with Crippen LogP contribution in [0.15, 0.2) is 97.2 Å². The number of esters is 2. The van der Waals surface area contributed by atoms with E-state index in [-0.39, 0.29) is 25.2 Å². The van der Waals surface area contributed by atoms with Crippen molar-refractivity contribution in [2.75, 3.05) is 19.8 Å². The van der Waals surface area contributed by atoms with Gasteiger partial charge in [0.25, 0.3) is 0 Å². The predicted octanol–water partition coefficient (Wildman–Crippen LogP) is 18.2. The van der Waals surface area contributed by atoms with Crippen molar-refractivity contribution in [3.8, 4) is 0 Å². The van der Waals surface area contributed by atoms with Gasteiger partial charge >= 0.3 is 11.9 Å². The van der Waals surface area contributed by atoms with Crippen molar-refractivity contribution in [2.45, 2.75) is 245 Å². The number of unbranched alkanes of at least 4 members (excludes halogenated alkanes) is 21. The van der Waals surface area contributed by atoms with Crippen LogP contribution in [0.3, 0.4) is 0 Å². The summed E-state index contributed by atoms with van der Waals surface area (Å²) in [4.78, 5) is 25.4. The van der Waals surface area contributed by atoms with Gasteiger partial charge in [0, 0.05) is 19.4 Å². The highest BCUT2D eigenvalue weighted by Crippen LogP contribution is 2.14. The number of hydrogen-bond acceptors (Lipinski definition) is 5. The molecule has 0 aliphatic carbocycles. The van der Waals surface area contributed by atoms with E-state index >= 15 is 0 Å². The molecule has 5 nitrogen and oxygen atoms in total. The fraction of sp³-hybridized carbons (Fsp3) is 0.695. The normalized spacial score (nSPS) is 13.0. The molecule has 0 fully saturated rings. The molecule has 0 aliphatic heterocycles. The van der Waals surface area contributed by atoms with Gasteiger partial charge in [0.2, 0.25) is 0 Å². The van der Waals surface area contributed by atoms with Gasteiger partial charge in [-0.2, -0.15) is 0 Å². The quantitative estimate of drug-likeness (QED) is 0.0346. The summed E-state index contributed by atoms with van der Waals surface area (Å²) in [5.74, 6) is -0.498. The summed E-state index contributed by atoms with van der Waals surface area (Å²) in [7, 11) is 0. The summed E-state index contributed by atoms with van der Waals surface area (Å²) in [6, 6.07) is 0. The minimum absolute atomic E-state index is 0.0383. The van der Waals surface area contributed by atoms with Gasteiger partial charge in [-0.1, -0.05) is 234 Å². The lowest BCUT2D eigenvalue weighted by Crippen LogP contribution is -2.30. The lowest BCUT2D eigenvalue weighted by molar-refractivity contribution is -0.162. The van der Waals surface area contributed by atoms with E-state index in [2.05, 4.69) is 112 Å². The van der Waals surface area contributed by atoms with E-state index in [1.807, 2.05) is 6.08 Å². The second-order valence-electron chi connectivity index (χ2n) is 17.4. The van der Waals surface area contributed by atoms with Crippen LogP contribution in [0.1, 0.15) is 239 Å². The molecule has 0 aromatic carbocycles. The predicted molar refractivity (Wildman–Crippen MR) is 279 cm³/mol. The first-order valence-corrected chi connectivity index (χ1v) is 26.8. The minimum atomic E-state index is -0.575. The summed E-state index contributed by atoms with van der Waals surface area (Å²) in [6.45, 7) is 7.59. The van der Waals surface area contributed by atoms with Crippen LogP contribution in [0.5, 0.6) is 0 Å². The highest BCUT2D eigenvalue weighted by Gasteiger charge is 2.17. The molecule has 64 heavy (non-hydrogen) atoms. The maximum Gasteiger partial charge on any atom is 0.306 e. The molecule has 5 heteroatoms. The van der Waals surface area contributed by atoms with Crippen molar-refractivity contribution in [3.63, 3.8) is 0 Å². The van der Waals surface area contributed by atoms with Gasteiger partial charge in [0.15, 0.2) is 6.10 Å². The SMILES string of the molecule is CC/C=C\C/C=C\C/C=C\C/C=C\C/C=C\C/C=C\CCC(=O)OCC(COCCCCCCCC/C=C\C/C=C\CCCCC)OC(=O)CCCCCCCCCCCCCCC. The van der Waals surface area contributed by atoms with Gasteiger partial charge in [-0.25, -0.2) is 0 Å². The molecule has 0 saturated heterocycles. The van der Waals surface area contributed by atoms with Crippen LogP contribution in [-0.2, 0) is 23.8 Å². The fourth-order valence-electron chi connectivity index (χ4n) is 7.15. The molecule has 0 aliphatic rings. The first-order valence-electron chi connectivity index (χ1n) is 26.8. The first-order chi connectivity index (χ1) is 31.6. The molecule has 1 atom stereocenters. The Bertz CT molecular complexity index is 1230. The standard InChI is InChI=1S/C59H100O5/c1-4-7-10-13-16-19-22-25-27-29-30-31-32-35-37-40-43-46-49-52-58(60)63-56-57(64-59(61)53-50-47-44-41-38-34-24-21-18-15-12-9-6-3)55-62-54-51-48-45-42-39-36-33-28-26-23-20-17-14-11-8-5-2/h7,10,16-17,19-20,25-28,30-31,35,37,43,46,57H,4-6,8-9,11-15,18,21-24,29,32-34,36,38-42,44-45,47-56H2,1-3H3/b10-7-,19-16-,20-17-,27-25-,28-26-,31-30-,37-35-,46-43-. The highest BCUT2D eigenvalue weighted by molar-refractivity contribution is 5.70. The number of ether oxygens (including phenoxy) is 3. The largest absolute Gasteiger partial charge is 0.462 e. The molecule has 366 valence electrons. The number of allylic oxidation sites excluding steroid dienone is 16. The van der Waals surface area contributed by atoms with Crippen LogP contribution in [0, 0.1) is 0 Å². The maximum atomic E-state index is 12.8. The second kappa shape index (κ2) is 54.2. The number of hydrogen-bond donors (Lipinski definition) is 0. The van der Waals surface area contributed by atoms with Crippen LogP contribution >= 0.6 is 0 Å². The van der Waals surface area contributed by atoms with Crippen LogP contribution in [-0.4, -0.2) is 37.9 Å². The topological polar surface area (TPSA) is 61.8 Å². The van der Waals surface area contributed by atoms with Crippen molar-refractivity contribution < 1.29 is 23.8 Å². The molecule has 0 aromatic rings. The van der Waals surface area contributed by atoms with E-state index in [1.54, 1.807) is 0 Å². The Kier molecular flexibility index (Phi) is 51.5. The molecule has 1 unspecified atom stereocenters. The third-order valence-corrected chi connectivity index (χ3v) is 11.1. The van der Waals surface area contributed by atoms with E-state index in [4.69, 9.17) is 14.2 Å². The Balaban J connectivity index is 4.40. The zero-order valence-corrected chi connectivity index (χ0v) is 42.0. The van der Waals surface area contributed by atoms with Crippen LogP contribution in [0.2, 0.25) is 0 Å². The van der Waals surface area contributed by atoms with Gasteiger partial charge < -0.3 is 14.2 Å². The van der Waals surface area contributed by atoms with Gasteiger partial charge in [0.1, 0.15) is 6.61 Å². The Labute approximate surface area is 396 Å². The summed E-state index contributed by atoms with van der Waals surface area (Å²) in [5, 5.41) is 0. The zero-order chi connectivity index (χ0) is 46.3. The van der Waals surface area contributed by atoms with E-state index in [0.29, 0.717) is 25.9 Å². The lowest BCUT2D eigenvalue weighted by atomic mass is 10.0. The van der Waals surface area contributed by atoms with Gasteiger partial charge in [-0.15, -0.1) is 0 Å². The van der Waals surface area contributed by atoms with Crippen molar-refractivity contribution in [1.29, 1.82) is 0 Å². The minimum Gasteiger partial charge on any atom is -0.462 e. The van der Waals surface area contributed by atoms with E-state index in [9.17, 15) is 9.59 Å². The maximum absolute atomic E-state index is 12.8. The Morgan fingerprint density at radius 3 is 1.22 bits per heavy atom. The summed E-state index contributed by atoms with van der Waals surface area (Å²) in [5.41, 5.74) is 0. The molecule has 0 saturated carbocycles. The monoisotopic (exact) mass is 889 g/mol. The molecule has 0 radical (unpaired) electrons. The van der Waals surface area contributed by atoms with Crippen molar-refractivity contribution in [2.24, 2.45) is 0 Å². The third-order valence-electron chi connectivity index (χ3n) is 11.1. The van der Waals surface area contributed by atoms with E-state index in [1.165, 1.54) is 128 Å². The smallest absolute Gasteiger partial charge is 0.306 e. The molecular weight excluding hydrogens is 789 g/mol. The highest BCUT2D eigenvalue weighted by atomic mass is 16.6. The number of carbonyl (C=O) groups is 2. The van der Waals surface area contributed by atoms with Gasteiger partial charge in [0.05, 0.1) is 6.61 Å². The number of rotatable bonds is 48. The average molecular weight is 889 g/mol. The zero-order valence-electron chi connectivity index (χ0n) is 42.0. The average Bonchev–Trinajstić information content (AvgIpc) is 3.30. The van der Waals surface area contributed by atoms with Crippen LogP contribution in [0.4, 0.5) is 0 Å². The fourth-order valence-corrected chi connectivity index (χ4v) is 7.15. The Morgan fingerprint density at radius 2 is 0.734 bits per heavy atom. The molecule has 0 rings (SSSR count). The number of carbonyl (C=O) groups excluding carboxylic acids is 2. The summed E-state index contributed by atoms with van der Waals surface area (Å²) < 4.78 is 17.3.